The zero-order chi connectivity index (χ0) is 33.8. The predicted molar refractivity (Wildman–Crippen MR) is 182 cm³/mol. The molecule has 242 valence electrons. The fourth-order valence-electron chi connectivity index (χ4n) is 4.89. The molecule has 0 spiro atoms. The predicted octanol–water partition coefficient (Wildman–Crippen LogP) is 7.32. The van der Waals surface area contributed by atoms with Gasteiger partial charge in [0.15, 0.2) is 0 Å². The van der Waals surface area contributed by atoms with Crippen LogP contribution in [0.2, 0.25) is 0 Å². The lowest BCUT2D eigenvalue weighted by Gasteiger charge is -2.07. The van der Waals surface area contributed by atoms with Gasteiger partial charge in [0.1, 0.15) is 20.8 Å². The minimum absolute atomic E-state index is 0.0934. The summed E-state index contributed by atoms with van der Waals surface area (Å²) in [5.41, 5.74) is 8.93. The Morgan fingerprint density at radius 3 is 1.94 bits per heavy atom. The standard InChI is InChI=1S/C22H18F3N5O.C12H9IN4/c1-14-2-3-19(29-28-14)16-5-7-30-20(13-27-21(30)10-16)17-8-15(11-26-12-17)9-18(31)4-6-22(23,24)25;1-8-2-3-10(16-15-8)9-4-5-17-11(13)7-14-12(17)6-9/h2-3,5,7-8,10-13H,4,6,9H2,1H3;2-7H,1H3. The van der Waals surface area contributed by atoms with Crippen molar-refractivity contribution in [2.75, 3.05) is 0 Å². The maximum atomic E-state index is 12.3. The summed E-state index contributed by atoms with van der Waals surface area (Å²) in [5, 5.41) is 16.5. The Kier molecular flexibility index (Phi) is 9.52. The number of ketones is 1. The molecule has 0 saturated heterocycles. The molecule has 14 heteroatoms. The molecule has 0 N–H and O–H groups in total. The Hall–Kier alpha value is -5.12. The average molecular weight is 762 g/mol. The van der Waals surface area contributed by atoms with Gasteiger partial charge in [-0.15, -0.1) is 0 Å². The van der Waals surface area contributed by atoms with E-state index in [1.54, 1.807) is 18.5 Å². The Balaban J connectivity index is 0.000000198. The average Bonchev–Trinajstić information content (AvgIpc) is 3.67. The highest BCUT2D eigenvalue weighted by molar-refractivity contribution is 14.1. The number of alkyl halides is 3. The summed E-state index contributed by atoms with van der Waals surface area (Å²) in [6.07, 6.45) is 4.44. The smallest absolute Gasteiger partial charge is 0.300 e. The molecule has 0 atom stereocenters. The van der Waals surface area contributed by atoms with Gasteiger partial charge in [0, 0.05) is 54.3 Å². The third kappa shape index (κ3) is 7.87. The van der Waals surface area contributed by atoms with E-state index in [1.165, 1.54) is 6.20 Å². The van der Waals surface area contributed by atoms with Gasteiger partial charge in [0.05, 0.1) is 47.3 Å². The SMILES string of the molecule is Cc1ccc(-c2ccn3c(-c4cncc(CC(=O)CCC(F)(F)F)c4)cnc3c2)nn1.Cc1ccc(-c2ccn3c(I)cnc3c2)nn1. The van der Waals surface area contributed by atoms with Crippen molar-refractivity contribution in [3.63, 3.8) is 0 Å². The number of Topliss-reactive ketones (excluding diaryl/α,β-unsaturated/α-hetero) is 1. The molecule has 7 rings (SSSR count). The lowest BCUT2D eigenvalue weighted by molar-refractivity contribution is -0.143. The summed E-state index contributed by atoms with van der Waals surface area (Å²) in [4.78, 5) is 24.8. The van der Waals surface area contributed by atoms with E-state index in [0.29, 0.717) is 11.2 Å². The van der Waals surface area contributed by atoms with Crippen molar-refractivity contribution in [1.29, 1.82) is 0 Å². The molecular weight excluding hydrogens is 734 g/mol. The Morgan fingerprint density at radius 2 is 1.33 bits per heavy atom. The number of aromatic nitrogens is 9. The second kappa shape index (κ2) is 13.9. The molecule has 10 nitrogen and oxygen atoms in total. The zero-order valence-electron chi connectivity index (χ0n) is 25.7. The van der Waals surface area contributed by atoms with Crippen LogP contribution in [0, 0.1) is 17.5 Å². The van der Waals surface area contributed by atoms with Crippen LogP contribution in [0.5, 0.6) is 0 Å². The molecule has 0 amide bonds. The molecule has 0 aromatic carbocycles. The van der Waals surface area contributed by atoms with Gasteiger partial charge in [-0.25, -0.2) is 9.97 Å². The van der Waals surface area contributed by atoms with Crippen LogP contribution >= 0.6 is 22.6 Å². The van der Waals surface area contributed by atoms with Crippen LogP contribution in [-0.4, -0.2) is 56.1 Å². The number of hydrogen-bond donors (Lipinski definition) is 0. The summed E-state index contributed by atoms with van der Waals surface area (Å²) < 4.78 is 42.0. The molecule has 0 radical (unpaired) electrons. The van der Waals surface area contributed by atoms with Crippen molar-refractivity contribution in [3.8, 4) is 33.8 Å². The fourth-order valence-corrected chi connectivity index (χ4v) is 5.44. The van der Waals surface area contributed by atoms with E-state index < -0.39 is 24.8 Å². The Labute approximate surface area is 286 Å². The topological polar surface area (TPSA) is 116 Å². The van der Waals surface area contributed by atoms with Crippen molar-refractivity contribution in [1.82, 2.24) is 44.1 Å². The van der Waals surface area contributed by atoms with E-state index in [1.807, 2.05) is 89.8 Å². The number of pyridine rings is 3. The van der Waals surface area contributed by atoms with Crippen LogP contribution in [0.25, 0.3) is 45.1 Å². The molecule has 7 heterocycles. The molecule has 0 aliphatic rings. The van der Waals surface area contributed by atoms with Gasteiger partial charge in [-0.2, -0.15) is 33.6 Å². The molecule has 7 aromatic heterocycles. The van der Waals surface area contributed by atoms with Crippen molar-refractivity contribution >= 4 is 39.7 Å². The Bertz CT molecular complexity index is 2210. The first-order valence-corrected chi connectivity index (χ1v) is 15.8. The first-order valence-electron chi connectivity index (χ1n) is 14.8. The van der Waals surface area contributed by atoms with Crippen LogP contribution < -0.4 is 0 Å². The third-order valence-electron chi connectivity index (χ3n) is 7.35. The fraction of sp³-hybridized carbons (Fsp3) is 0.176. The molecule has 0 unspecified atom stereocenters. The molecular formula is C34H27F3IN9O. The minimum Gasteiger partial charge on any atom is -0.300 e. The van der Waals surface area contributed by atoms with Crippen molar-refractivity contribution < 1.29 is 18.0 Å². The normalized spacial score (nSPS) is 11.5. The molecule has 0 saturated carbocycles. The molecule has 0 fully saturated rings. The van der Waals surface area contributed by atoms with Crippen molar-refractivity contribution in [3.05, 3.63) is 112 Å². The molecule has 0 aliphatic carbocycles. The number of carbonyl (C=O) groups is 1. The summed E-state index contributed by atoms with van der Waals surface area (Å²) in [6.45, 7) is 3.80. The summed E-state index contributed by atoms with van der Waals surface area (Å²) in [5.74, 6) is -0.474. The molecule has 0 aliphatic heterocycles. The second-order valence-corrected chi connectivity index (χ2v) is 12.1. The molecule has 0 bridgehead atoms. The van der Waals surface area contributed by atoms with Crippen LogP contribution in [-0.2, 0) is 11.2 Å². The van der Waals surface area contributed by atoms with Gasteiger partial charge in [-0.05, 0) is 96.6 Å². The number of halogens is 4. The minimum atomic E-state index is -4.34. The van der Waals surface area contributed by atoms with Crippen LogP contribution in [0.4, 0.5) is 13.2 Å². The largest absolute Gasteiger partial charge is 0.389 e. The van der Waals surface area contributed by atoms with Gasteiger partial charge in [0.2, 0.25) is 0 Å². The maximum absolute atomic E-state index is 12.3. The van der Waals surface area contributed by atoms with Gasteiger partial charge in [-0.3, -0.25) is 18.6 Å². The van der Waals surface area contributed by atoms with E-state index in [4.69, 9.17) is 0 Å². The number of carbonyl (C=O) groups excluding carboxylic acids is 1. The maximum Gasteiger partial charge on any atom is 0.389 e. The summed E-state index contributed by atoms with van der Waals surface area (Å²) >= 11 is 2.26. The van der Waals surface area contributed by atoms with Gasteiger partial charge in [0.25, 0.3) is 0 Å². The van der Waals surface area contributed by atoms with Crippen LogP contribution in [0.3, 0.4) is 0 Å². The number of imidazole rings is 2. The summed E-state index contributed by atoms with van der Waals surface area (Å²) in [7, 11) is 0. The highest BCUT2D eigenvalue weighted by Crippen LogP contribution is 2.26. The Morgan fingerprint density at radius 1 is 0.729 bits per heavy atom. The quantitative estimate of drug-likeness (QED) is 0.155. The summed E-state index contributed by atoms with van der Waals surface area (Å²) in [6, 6.07) is 17.3. The first kappa shape index (κ1) is 32.8. The number of aryl methyl sites for hydroxylation is 2. The number of rotatable bonds is 7. The van der Waals surface area contributed by atoms with E-state index in [-0.39, 0.29) is 6.42 Å². The monoisotopic (exact) mass is 761 g/mol. The van der Waals surface area contributed by atoms with Crippen LogP contribution in [0.15, 0.2) is 91.8 Å². The molecule has 48 heavy (non-hydrogen) atoms. The second-order valence-electron chi connectivity index (χ2n) is 11.0. The van der Waals surface area contributed by atoms with E-state index in [9.17, 15) is 18.0 Å². The number of fused-ring (bicyclic) bond motifs is 2. The zero-order valence-corrected chi connectivity index (χ0v) is 27.9. The van der Waals surface area contributed by atoms with E-state index in [0.717, 1.165) is 54.5 Å². The number of nitrogens with zero attached hydrogens (tertiary/aromatic N) is 9. The van der Waals surface area contributed by atoms with Crippen molar-refractivity contribution in [2.45, 2.75) is 39.3 Å². The lowest BCUT2D eigenvalue weighted by Crippen LogP contribution is -2.12. The third-order valence-corrected chi connectivity index (χ3v) is 8.15. The van der Waals surface area contributed by atoms with Gasteiger partial charge in [-0.1, -0.05) is 0 Å². The highest BCUT2D eigenvalue weighted by Gasteiger charge is 2.27. The first-order chi connectivity index (χ1) is 23.0. The van der Waals surface area contributed by atoms with E-state index >= 15 is 0 Å². The van der Waals surface area contributed by atoms with Crippen LogP contribution in [0.1, 0.15) is 29.8 Å². The van der Waals surface area contributed by atoms with E-state index in [2.05, 4.69) is 57.9 Å². The van der Waals surface area contributed by atoms with Crippen molar-refractivity contribution in [2.24, 2.45) is 0 Å². The highest BCUT2D eigenvalue weighted by atomic mass is 127. The van der Waals surface area contributed by atoms with Gasteiger partial charge >= 0.3 is 6.18 Å². The number of hydrogen-bond acceptors (Lipinski definition) is 8. The van der Waals surface area contributed by atoms with Gasteiger partial charge < -0.3 is 0 Å². The lowest BCUT2D eigenvalue weighted by atomic mass is 10.0. The molecule has 7 aromatic rings.